The first-order valence-electron chi connectivity index (χ1n) is 7.51. The van der Waals surface area contributed by atoms with E-state index in [9.17, 15) is 0 Å². The van der Waals surface area contributed by atoms with Gasteiger partial charge in [-0.05, 0) is 41.9 Å². The van der Waals surface area contributed by atoms with Gasteiger partial charge < -0.3 is 9.80 Å². The summed E-state index contributed by atoms with van der Waals surface area (Å²) in [6, 6.07) is 0. The summed E-state index contributed by atoms with van der Waals surface area (Å²) in [5, 5.41) is 5.42. The number of fused-ring (bicyclic) bond motifs is 1. The molecule has 2 aromatic rings. The quantitative estimate of drug-likeness (QED) is 0.845. The molecule has 0 saturated carbocycles. The molecule has 7 heteroatoms. The van der Waals surface area contributed by atoms with Gasteiger partial charge in [-0.25, -0.2) is 14.6 Å². The van der Waals surface area contributed by atoms with Crippen molar-refractivity contribution >= 4 is 32.8 Å². The molecule has 114 valence electrons. The maximum Gasteiger partial charge on any atom is 0.164 e. The van der Waals surface area contributed by atoms with Gasteiger partial charge in [-0.1, -0.05) is 6.92 Å². The summed E-state index contributed by atoms with van der Waals surface area (Å²) in [7, 11) is 1.91. The van der Waals surface area contributed by atoms with Crippen LogP contribution >= 0.6 is 15.9 Å². The second kappa shape index (κ2) is 6.27. The molecule has 3 rings (SSSR count). The van der Waals surface area contributed by atoms with Gasteiger partial charge in [0.05, 0.1) is 5.39 Å². The lowest BCUT2D eigenvalue weighted by Crippen LogP contribution is -2.31. The van der Waals surface area contributed by atoms with Crippen molar-refractivity contribution in [2.75, 3.05) is 37.6 Å². The summed E-state index contributed by atoms with van der Waals surface area (Å²) < 4.78 is 2.62. The average molecular weight is 353 g/mol. The standard InChI is InChI=1S/C14H21BrN6/c1-3-5-20-6-4-7-21(9-8-20)14-11-12(15)18-19(2)13(11)16-10-17-14/h10H,3-9H2,1-2H3. The van der Waals surface area contributed by atoms with Crippen LogP contribution in [0.25, 0.3) is 11.0 Å². The first kappa shape index (κ1) is 14.7. The van der Waals surface area contributed by atoms with Gasteiger partial charge in [0.25, 0.3) is 0 Å². The van der Waals surface area contributed by atoms with Crippen LogP contribution in [0.5, 0.6) is 0 Å². The Hall–Kier alpha value is -1.21. The Labute approximate surface area is 133 Å². The van der Waals surface area contributed by atoms with Gasteiger partial charge in [0, 0.05) is 26.7 Å². The van der Waals surface area contributed by atoms with Crippen molar-refractivity contribution in [3.63, 3.8) is 0 Å². The molecule has 3 heterocycles. The van der Waals surface area contributed by atoms with E-state index in [1.165, 1.54) is 25.9 Å². The monoisotopic (exact) mass is 352 g/mol. The van der Waals surface area contributed by atoms with E-state index in [1.807, 2.05) is 7.05 Å². The molecule has 0 bridgehead atoms. The van der Waals surface area contributed by atoms with E-state index >= 15 is 0 Å². The van der Waals surface area contributed by atoms with Crippen molar-refractivity contribution in [2.24, 2.45) is 7.05 Å². The summed E-state index contributed by atoms with van der Waals surface area (Å²) in [5.41, 5.74) is 0.876. The molecule has 1 fully saturated rings. The summed E-state index contributed by atoms with van der Waals surface area (Å²) >= 11 is 3.54. The van der Waals surface area contributed by atoms with Crippen molar-refractivity contribution in [1.82, 2.24) is 24.6 Å². The van der Waals surface area contributed by atoms with E-state index in [1.54, 1.807) is 11.0 Å². The van der Waals surface area contributed by atoms with Crippen LogP contribution < -0.4 is 4.90 Å². The third-order valence-corrected chi connectivity index (χ3v) is 4.54. The van der Waals surface area contributed by atoms with E-state index in [0.717, 1.165) is 41.1 Å². The lowest BCUT2D eigenvalue weighted by molar-refractivity contribution is 0.294. The molecule has 0 N–H and O–H groups in total. The zero-order valence-electron chi connectivity index (χ0n) is 12.6. The molecule has 0 spiro atoms. The smallest absolute Gasteiger partial charge is 0.164 e. The van der Waals surface area contributed by atoms with Crippen LogP contribution in [0.3, 0.4) is 0 Å². The van der Waals surface area contributed by atoms with Crippen LogP contribution in [0.15, 0.2) is 10.9 Å². The van der Waals surface area contributed by atoms with E-state index in [4.69, 9.17) is 0 Å². The molecular formula is C14H21BrN6. The Kier molecular flexibility index (Phi) is 4.40. The highest BCUT2D eigenvalue weighted by Crippen LogP contribution is 2.29. The predicted octanol–water partition coefficient (Wildman–Crippen LogP) is 2.05. The van der Waals surface area contributed by atoms with Gasteiger partial charge in [-0.2, -0.15) is 5.10 Å². The fourth-order valence-electron chi connectivity index (χ4n) is 2.99. The van der Waals surface area contributed by atoms with Crippen LogP contribution in [-0.2, 0) is 7.05 Å². The van der Waals surface area contributed by atoms with Crippen LogP contribution in [0.1, 0.15) is 19.8 Å². The highest BCUT2D eigenvalue weighted by atomic mass is 79.9. The lowest BCUT2D eigenvalue weighted by atomic mass is 10.3. The molecule has 2 aromatic heterocycles. The Balaban J connectivity index is 1.90. The molecule has 0 aromatic carbocycles. The van der Waals surface area contributed by atoms with Gasteiger partial charge in [-0.15, -0.1) is 0 Å². The van der Waals surface area contributed by atoms with Crippen LogP contribution in [0.4, 0.5) is 5.82 Å². The molecule has 0 amide bonds. The number of hydrogen-bond donors (Lipinski definition) is 0. The van der Waals surface area contributed by atoms with E-state index in [0.29, 0.717) is 0 Å². The van der Waals surface area contributed by atoms with Crippen molar-refractivity contribution < 1.29 is 0 Å². The number of nitrogens with zero attached hydrogens (tertiary/aromatic N) is 6. The molecule has 0 radical (unpaired) electrons. The molecular weight excluding hydrogens is 332 g/mol. The van der Waals surface area contributed by atoms with Crippen molar-refractivity contribution in [2.45, 2.75) is 19.8 Å². The molecule has 0 aliphatic carbocycles. The highest BCUT2D eigenvalue weighted by Gasteiger charge is 2.21. The van der Waals surface area contributed by atoms with Crippen LogP contribution in [0.2, 0.25) is 0 Å². The van der Waals surface area contributed by atoms with E-state index in [-0.39, 0.29) is 0 Å². The van der Waals surface area contributed by atoms with Gasteiger partial charge in [-0.3, -0.25) is 0 Å². The number of hydrogen-bond acceptors (Lipinski definition) is 5. The average Bonchev–Trinajstić information content (AvgIpc) is 2.66. The summed E-state index contributed by atoms with van der Waals surface area (Å²) in [6.45, 7) is 7.73. The molecule has 1 aliphatic rings. The minimum absolute atomic E-state index is 0.824. The number of aryl methyl sites for hydroxylation is 1. The first-order valence-corrected chi connectivity index (χ1v) is 8.30. The minimum Gasteiger partial charge on any atom is -0.355 e. The Morgan fingerprint density at radius 1 is 1.19 bits per heavy atom. The zero-order valence-corrected chi connectivity index (χ0v) is 14.2. The Bertz CT molecular complexity index is 625. The van der Waals surface area contributed by atoms with Crippen LogP contribution in [0, 0.1) is 0 Å². The number of rotatable bonds is 3. The van der Waals surface area contributed by atoms with Crippen molar-refractivity contribution in [3.05, 3.63) is 10.9 Å². The molecule has 21 heavy (non-hydrogen) atoms. The van der Waals surface area contributed by atoms with Gasteiger partial charge >= 0.3 is 0 Å². The minimum atomic E-state index is 0.824. The Morgan fingerprint density at radius 2 is 2.05 bits per heavy atom. The Morgan fingerprint density at radius 3 is 2.86 bits per heavy atom. The third kappa shape index (κ3) is 2.89. The van der Waals surface area contributed by atoms with Crippen molar-refractivity contribution in [1.29, 1.82) is 0 Å². The molecule has 0 unspecified atom stereocenters. The summed E-state index contributed by atoms with van der Waals surface area (Å²) in [4.78, 5) is 13.8. The van der Waals surface area contributed by atoms with Gasteiger partial charge in [0.15, 0.2) is 5.65 Å². The number of aromatic nitrogens is 4. The molecule has 1 saturated heterocycles. The molecule has 0 atom stereocenters. The van der Waals surface area contributed by atoms with Gasteiger partial charge in [0.2, 0.25) is 0 Å². The second-order valence-corrected chi connectivity index (χ2v) is 6.24. The largest absolute Gasteiger partial charge is 0.355 e. The van der Waals surface area contributed by atoms with E-state index in [2.05, 4.69) is 47.7 Å². The lowest BCUT2D eigenvalue weighted by Gasteiger charge is -2.22. The SMILES string of the molecule is CCCN1CCCN(c2ncnc3c2c(Br)nn3C)CC1. The maximum atomic E-state index is 4.53. The summed E-state index contributed by atoms with van der Waals surface area (Å²) in [6.07, 6.45) is 4.02. The molecule has 1 aliphatic heterocycles. The van der Waals surface area contributed by atoms with Crippen LogP contribution in [-0.4, -0.2) is 57.4 Å². The maximum absolute atomic E-state index is 4.53. The zero-order chi connectivity index (χ0) is 14.8. The fourth-order valence-corrected chi connectivity index (χ4v) is 3.58. The predicted molar refractivity (Wildman–Crippen MR) is 87.6 cm³/mol. The number of anilines is 1. The third-order valence-electron chi connectivity index (χ3n) is 3.99. The normalized spacial score (nSPS) is 17.4. The molecule has 6 nitrogen and oxygen atoms in total. The number of halogens is 1. The van der Waals surface area contributed by atoms with Gasteiger partial charge in [0.1, 0.15) is 16.7 Å². The van der Waals surface area contributed by atoms with E-state index < -0.39 is 0 Å². The van der Waals surface area contributed by atoms with Crippen molar-refractivity contribution in [3.8, 4) is 0 Å². The second-order valence-electron chi connectivity index (χ2n) is 5.49. The fraction of sp³-hybridized carbons (Fsp3) is 0.643. The highest BCUT2D eigenvalue weighted by molar-refractivity contribution is 9.10. The first-order chi connectivity index (χ1) is 10.2. The summed E-state index contributed by atoms with van der Waals surface area (Å²) in [5.74, 6) is 0.998. The topological polar surface area (TPSA) is 50.1 Å².